The number of thioether (sulfide) groups is 1. The molecule has 84 valence electrons. The minimum atomic E-state index is -0.367. The van der Waals surface area contributed by atoms with Crippen LogP contribution < -0.4 is 11.1 Å². The molecule has 1 atom stereocenters. The van der Waals surface area contributed by atoms with Crippen LogP contribution in [0.4, 0.5) is 0 Å². The van der Waals surface area contributed by atoms with Gasteiger partial charge in [-0.1, -0.05) is 6.92 Å². The summed E-state index contributed by atoms with van der Waals surface area (Å²) >= 11 is 1.71. The summed E-state index contributed by atoms with van der Waals surface area (Å²) in [6.07, 6.45) is 3.67. The average molecular weight is 218 g/mol. The van der Waals surface area contributed by atoms with Crippen LogP contribution in [0.1, 0.15) is 33.6 Å². The van der Waals surface area contributed by atoms with E-state index in [1.54, 1.807) is 11.8 Å². The van der Waals surface area contributed by atoms with Crippen LogP contribution in [-0.2, 0) is 4.79 Å². The van der Waals surface area contributed by atoms with E-state index in [1.165, 1.54) is 0 Å². The summed E-state index contributed by atoms with van der Waals surface area (Å²) in [4.78, 5) is 11.6. The molecule has 0 fully saturated rings. The first kappa shape index (κ1) is 13.8. The van der Waals surface area contributed by atoms with Crippen molar-refractivity contribution in [1.82, 2.24) is 5.32 Å². The van der Waals surface area contributed by atoms with E-state index >= 15 is 0 Å². The minimum absolute atomic E-state index is 0.0362. The van der Waals surface area contributed by atoms with Crippen LogP contribution in [0.2, 0.25) is 0 Å². The van der Waals surface area contributed by atoms with Gasteiger partial charge in [0.15, 0.2) is 0 Å². The Kier molecular flexibility index (Phi) is 6.20. The third-order valence-corrected chi connectivity index (χ3v) is 2.96. The molecule has 0 aliphatic heterocycles. The maximum atomic E-state index is 11.6. The number of hydrogen-bond acceptors (Lipinski definition) is 3. The van der Waals surface area contributed by atoms with Gasteiger partial charge in [-0.2, -0.15) is 11.8 Å². The van der Waals surface area contributed by atoms with Crippen LogP contribution in [0.3, 0.4) is 0 Å². The van der Waals surface area contributed by atoms with Gasteiger partial charge in [-0.15, -0.1) is 0 Å². The maximum Gasteiger partial charge on any atom is 0.237 e. The molecule has 3 N–H and O–H groups in total. The van der Waals surface area contributed by atoms with E-state index < -0.39 is 0 Å². The highest BCUT2D eigenvalue weighted by atomic mass is 32.2. The minimum Gasteiger partial charge on any atom is -0.350 e. The molecule has 0 aliphatic carbocycles. The van der Waals surface area contributed by atoms with Crippen LogP contribution in [0.25, 0.3) is 0 Å². The van der Waals surface area contributed by atoms with E-state index in [2.05, 4.69) is 5.32 Å². The Hall–Kier alpha value is -0.220. The molecule has 0 saturated carbocycles. The number of hydrogen-bond donors (Lipinski definition) is 2. The lowest BCUT2D eigenvalue weighted by atomic mass is 10.0. The number of nitrogens with two attached hydrogens (primary N) is 1. The van der Waals surface area contributed by atoms with Crippen molar-refractivity contribution in [1.29, 1.82) is 0 Å². The first-order valence-corrected chi connectivity index (χ1v) is 6.39. The molecule has 0 unspecified atom stereocenters. The molecular formula is C10H22N2OS. The molecule has 14 heavy (non-hydrogen) atoms. The SMILES string of the molecule is CCC(C)(C)NC(=O)[C@@H](N)CCSC. The van der Waals surface area contributed by atoms with E-state index in [-0.39, 0.29) is 17.5 Å². The van der Waals surface area contributed by atoms with Crippen LogP contribution in [0.5, 0.6) is 0 Å². The van der Waals surface area contributed by atoms with Crippen molar-refractivity contribution in [2.75, 3.05) is 12.0 Å². The topological polar surface area (TPSA) is 55.1 Å². The predicted octanol–water partition coefficient (Wildman–Crippen LogP) is 1.37. The normalized spacial score (nSPS) is 13.8. The van der Waals surface area contributed by atoms with Crippen molar-refractivity contribution in [3.8, 4) is 0 Å². The van der Waals surface area contributed by atoms with Crippen LogP contribution in [0.15, 0.2) is 0 Å². The summed E-state index contributed by atoms with van der Waals surface area (Å²) in [6.45, 7) is 6.06. The zero-order valence-corrected chi connectivity index (χ0v) is 10.4. The van der Waals surface area contributed by atoms with Gasteiger partial charge in [0.1, 0.15) is 0 Å². The standard InChI is InChI=1S/C10H22N2OS/c1-5-10(2,3)12-9(13)8(11)6-7-14-4/h8H,5-7,11H2,1-4H3,(H,12,13)/t8-/m0/s1. The molecule has 0 bridgehead atoms. The molecule has 3 nitrogen and oxygen atoms in total. The van der Waals surface area contributed by atoms with Crippen LogP contribution in [0, 0.1) is 0 Å². The molecule has 0 spiro atoms. The number of carbonyl (C=O) groups excluding carboxylic acids is 1. The zero-order chi connectivity index (χ0) is 11.2. The van der Waals surface area contributed by atoms with Crippen molar-refractivity contribution in [2.45, 2.75) is 45.2 Å². The smallest absolute Gasteiger partial charge is 0.237 e. The van der Waals surface area contributed by atoms with Gasteiger partial charge in [-0.25, -0.2) is 0 Å². The second kappa shape index (κ2) is 6.30. The molecule has 0 aromatic carbocycles. The van der Waals surface area contributed by atoms with Gasteiger partial charge in [0, 0.05) is 5.54 Å². The molecule has 0 radical (unpaired) electrons. The third kappa shape index (κ3) is 5.50. The molecule has 0 aromatic rings. The third-order valence-electron chi connectivity index (χ3n) is 2.32. The summed E-state index contributed by atoms with van der Waals surface area (Å²) in [6, 6.07) is -0.367. The lowest BCUT2D eigenvalue weighted by Gasteiger charge is -2.26. The predicted molar refractivity (Wildman–Crippen MR) is 63.5 cm³/mol. The summed E-state index contributed by atoms with van der Waals surface area (Å²) in [7, 11) is 0. The second-order valence-corrected chi connectivity index (χ2v) is 5.10. The Morgan fingerprint density at radius 3 is 2.57 bits per heavy atom. The Balaban J connectivity index is 3.95. The monoisotopic (exact) mass is 218 g/mol. The summed E-state index contributed by atoms with van der Waals surface area (Å²) in [5.41, 5.74) is 5.60. The molecule has 0 saturated heterocycles. The van der Waals surface area contributed by atoms with Crippen LogP contribution >= 0.6 is 11.8 Å². The molecule has 0 heterocycles. The van der Waals surface area contributed by atoms with Gasteiger partial charge in [-0.05, 0) is 38.7 Å². The van der Waals surface area contributed by atoms with E-state index in [0.29, 0.717) is 0 Å². The van der Waals surface area contributed by atoms with E-state index in [9.17, 15) is 4.79 Å². The first-order valence-electron chi connectivity index (χ1n) is 4.99. The largest absolute Gasteiger partial charge is 0.350 e. The average Bonchev–Trinajstić information content (AvgIpc) is 2.13. The lowest BCUT2D eigenvalue weighted by Crippen LogP contribution is -2.50. The van der Waals surface area contributed by atoms with Gasteiger partial charge in [0.25, 0.3) is 0 Å². The molecule has 4 heteroatoms. The van der Waals surface area contributed by atoms with Crippen molar-refractivity contribution < 1.29 is 4.79 Å². The lowest BCUT2D eigenvalue weighted by molar-refractivity contribution is -0.124. The van der Waals surface area contributed by atoms with Gasteiger partial charge in [0.05, 0.1) is 6.04 Å². The zero-order valence-electron chi connectivity index (χ0n) is 9.59. The van der Waals surface area contributed by atoms with E-state index in [1.807, 2.05) is 27.0 Å². The summed E-state index contributed by atoms with van der Waals surface area (Å²) < 4.78 is 0. The highest BCUT2D eigenvalue weighted by Gasteiger charge is 2.21. The Labute approximate surface area is 91.2 Å². The van der Waals surface area contributed by atoms with Gasteiger partial charge in [0.2, 0.25) is 5.91 Å². The van der Waals surface area contributed by atoms with Crippen molar-refractivity contribution in [2.24, 2.45) is 5.73 Å². The summed E-state index contributed by atoms with van der Waals surface area (Å²) in [5, 5.41) is 2.94. The van der Waals surface area contributed by atoms with Crippen molar-refractivity contribution in [3.05, 3.63) is 0 Å². The van der Waals surface area contributed by atoms with Gasteiger partial charge < -0.3 is 11.1 Å². The van der Waals surface area contributed by atoms with Gasteiger partial charge >= 0.3 is 0 Å². The van der Waals surface area contributed by atoms with E-state index in [4.69, 9.17) is 5.73 Å². The van der Waals surface area contributed by atoms with Crippen molar-refractivity contribution >= 4 is 17.7 Å². The fourth-order valence-electron chi connectivity index (χ4n) is 0.891. The fourth-order valence-corrected chi connectivity index (χ4v) is 1.38. The quantitative estimate of drug-likeness (QED) is 0.708. The fraction of sp³-hybridized carbons (Fsp3) is 0.900. The molecule has 0 rings (SSSR count). The number of rotatable bonds is 6. The Bertz CT molecular complexity index is 183. The van der Waals surface area contributed by atoms with Crippen molar-refractivity contribution in [3.63, 3.8) is 0 Å². The Morgan fingerprint density at radius 2 is 2.14 bits per heavy atom. The highest BCUT2D eigenvalue weighted by Crippen LogP contribution is 2.07. The van der Waals surface area contributed by atoms with E-state index in [0.717, 1.165) is 18.6 Å². The number of carbonyl (C=O) groups is 1. The molecule has 0 aliphatic rings. The van der Waals surface area contributed by atoms with Crippen LogP contribution in [-0.4, -0.2) is 29.5 Å². The summed E-state index contributed by atoms with van der Waals surface area (Å²) in [5.74, 6) is 0.895. The first-order chi connectivity index (χ1) is 6.43. The van der Waals surface area contributed by atoms with Gasteiger partial charge in [-0.3, -0.25) is 4.79 Å². The maximum absolute atomic E-state index is 11.6. The number of nitrogens with one attached hydrogen (secondary N) is 1. The molecule has 1 amide bonds. The highest BCUT2D eigenvalue weighted by molar-refractivity contribution is 7.98. The number of amides is 1. The Morgan fingerprint density at radius 1 is 1.57 bits per heavy atom. The molecule has 0 aromatic heterocycles. The second-order valence-electron chi connectivity index (χ2n) is 4.11. The molecular weight excluding hydrogens is 196 g/mol.